The molecule has 1 saturated heterocycles. The van der Waals surface area contributed by atoms with Gasteiger partial charge in [-0.15, -0.1) is 0 Å². The third kappa shape index (κ3) is 5.86. The third-order valence-electron chi connectivity index (χ3n) is 2.11. The van der Waals surface area contributed by atoms with Crippen molar-refractivity contribution >= 4 is 5.97 Å². The summed E-state index contributed by atoms with van der Waals surface area (Å²) in [5.41, 5.74) is 4.17. The molecule has 0 spiro atoms. The minimum atomic E-state index is -5.08. The molecule has 0 aliphatic carbocycles. The largest absolute Gasteiger partial charge is 0.490 e. The van der Waals surface area contributed by atoms with E-state index in [4.69, 9.17) is 15.6 Å². The molecule has 96 valence electrons. The van der Waals surface area contributed by atoms with Crippen molar-refractivity contribution in [3.8, 4) is 0 Å². The average molecular weight is 246 g/mol. The number of rotatable bonds is 1. The minimum Gasteiger partial charge on any atom is -0.475 e. The van der Waals surface area contributed by atoms with Gasteiger partial charge in [0.05, 0.1) is 0 Å². The van der Waals surface area contributed by atoms with Gasteiger partial charge in [0.1, 0.15) is 5.67 Å². The molecule has 0 aromatic carbocycles. The number of carbonyl (C=O) groups is 1. The quantitative estimate of drug-likeness (QED) is 0.594. The fourth-order valence-electron chi connectivity index (χ4n) is 1.08. The molecule has 8 heteroatoms. The number of alkyl halides is 4. The van der Waals surface area contributed by atoms with Gasteiger partial charge in [-0.25, -0.2) is 9.18 Å². The van der Waals surface area contributed by atoms with Gasteiger partial charge >= 0.3 is 12.1 Å². The van der Waals surface area contributed by atoms with Crippen LogP contribution in [0.5, 0.6) is 0 Å². The zero-order valence-electron chi connectivity index (χ0n) is 8.48. The lowest BCUT2D eigenvalue weighted by molar-refractivity contribution is -0.192. The maximum absolute atomic E-state index is 13.1. The predicted molar refractivity (Wildman–Crippen MR) is 48.7 cm³/mol. The van der Waals surface area contributed by atoms with E-state index in [1.54, 1.807) is 0 Å². The molecule has 1 heterocycles. The molecule has 1 aliphatic rings. The van der Waals surface area contributed by atoms with Crippen molar-refractivity contribution in [2.24, 2.45) is 5.73 Å². The number of halogens is 4. The molecule has 0 atom stereocenters. The highest BCUT2D eigenvalue weighted by Gasteiger charge is 2.38. The Morgan fingerprint density at radius 2 is 1.75 bits per heavy atom. The number of hydrogen-bond donors (Lipinski definition) is 3. The monoisotopic (exact) mass is 246 g/mol. The maximum Gasteiger partial charge on any atom is 0.490 e. The first-order valence-corrected chi connectivity index (χ1v) is 4.61. The summed E-state index contributed by atoms with van der Waals surface area (Å²) in [7, 11) is 0. The van der Waals surface area contributed by atoms with E-state index in [1.165, 1.54) is 0 Å². The van der Waals surface area contributed by atoms with Gasteiger partial charge in [0.2, 0.25) is 0 Å². The Balaban J connectivity index is 0.000000293. The van der Waals surface area contributed by atoms with Gasteiger partial charge in [0.15, 0.2) is 0 Å². The summed E-state index contributed by atoms with van der Waals surface area (Å²) in [6.07, 6.45) is -3.94. The second-order valence-corrected chi connectivity index (χ2v) is 3.41. The first-order valence-electron chi connectivity index (χ1n) is 4.61. The van der Waals surface area contributed by atoms with Gasteiger partial charge in [-0.1, -0.05) is 0 Å². The summed E-state index contributed by atoms with van der Waals surface area (Å²) in [5, 5.41) is 10.2. The molecular weight excluding hydrogens is 232 g/mol. The molecule has 0 unspecified atom stereocenters. The molecule has 0 radical (unpaired) electrons. The molecule has 0 aromatic rings. The van der Waals surface area contributed by atoms with Gasteiger partial charge in [-0.3, -0.25) is 0 Å². The van der Waals surface area contributed by atoms with E-state index in [0.717, 1.165) is 13.1 Å². The lowest BCUT2D eigenvalue weighted by atomic mass is 9.95. The summed E-state index contributed by atoms with van der Waals surface area (Å²) in [5.74, 6) is -2.76. The Kier molecular flexibility index (Phi) is 5.66. The van der Waals surface area contributed by atoms with Crippen LogP contribution in [0.4, 0.5) is 17.6 Å². The van der Waals surface area contributed by atoms with Crippen LogP contribution in [-0.2, 0) is 4.79 Å². The summed E-state index contributed by atoms with van der Waals surface area (Å²) in [6, 6.07) is 0. The zero-order chi connectivity index (χ0) is 12.8. The number of carboxylic acids is 1. The number of carboxylic acid groups (broad SMARTS) is 1. The smallest absolute Gasteiger partial charge is 0.475 e. The van der Waals surface area contributed by atoms with Gasteiger partial charge in [0.25, 0.3) is 0 Å². The van der Waals surface area contributed by atoms with Crippen LogP contribution in [0.15, 0.2) is 0 Å². The molecular formula is C8H14F4N2O2. The second-order valence-electron chi connectivity index (χ2n) is 3.41. The fraction of sp³-hybridized carbons (Fsp3) is 0.875. The van der Waals surface area contributed by atoms with Crippen molar-refractivity contribution in [3.05, 3.63) is 0 Å². The van der Waals surface area contributed by atoms with Crippen LogP contribution in [0, 0.1) is 0 Å². The van der Waals surface area contributed by atoms with Crippen LogP contribution >= 0.6 is 0 Å². The highest BCUT2D eigenvalue weighted by atomic mass is 19.4. The van der Waals surface area contributed by atoms with E-state index >= 15 is 0 Å². The average Bonchev–Trinajstić information content (AvgIpc) is 2.18. The molecule has 1 rings (SSSR count). The summed E-state index contributed by atoms with van der Waals surface area (Å²) in [4.78, 5) is 8.90. The van der Waals surface area contributed by atoms with Crippen LogP contribution in [0.3, 0.4) is 0 Å². The van der Waals surface area contributed by atoms with Crippen molar-refractivity contribution in [3.63, 3.8) is 0 Å². The number of aliphatic carboxylic acids is 1. The number of nitrogens with two attached hydrogens (primary N) is 1. The van der Waals surface area contributed by atoms with Crippen molar-refractivity contribution in [2.75, 3.05) is 19.6 Å². The van der Waals surface area contributed by atoms with E-state index in [2.05, 4.69) is 5.32 Å². The number of hydrogen-bond acceptors (Lipinski definition) is 3. The van der Waals surface area contributed by atoms with Crippen molar-refractivity contribution in [2.45, 2.75) is 24.7 Å². The molecule has 0 bridgehead atoms. The van der Waals surface area contributed by atoms with Crippen LogP contribution in [0.2, 0.25) is 0 Å². The molecule has 16 heavy (non-hydrogen) atoms. The van der Waals surface area contributed by atoms with Crippen LogP contribution < -0.4 is 11.1 Å². The van der Waals surface area contributed by atoms with E-state index in [1.807, 2.05) is 0 Å². The first-order chi connectivity index (χ1) is 7.21. The molecule has 4 nitrogen and oxygen atoms in total. The van der Waals surface area contributed by atoms with Crippen molar-refractivity contribution in [1.29, 1.82) is 0 Å². The third-order valence-corrected chi connectivity index (χ3v) is 2.11. The standard InChI is InChI=1S/C6H13FN2.C2HF3O2/c7-6(5-8)1-3-9-4-2-6;3-2(4,5)1(6)7/h9H,1-5,8H2;(H,6,7). The Labute approximate surface area is 89.8 Å². The molecule has 1 aliphatic heterocycles. The molecule has 4 N–H and O–H groups in total. The first kappa shape index (κ1) is 15.1. The van der Waals surface area contributed by atoms with Crippen molar-refractivity contribution < 1.29 is 27.5 Å². The lowest BCUT2D eigenvalue weighted by Gasteiger charge is -2.28. The highest BCUT2D eigenvalue weighted by molar-refractivity contribution is 5.73. The Bertz CT molecular complexity index is 227. The number of nitrogens with one attached hydrogen (secondary N) is 1. The van der Waals surface area contributed by atoms with E-state index < -0.39 is 17.8 Å². The maximum atomic E-state index is 13.1. The van der Waals surface area contributed by atoms with Gasteiger partial charge < -0.3 is 16.2 Å². The normalized spacial score (nSPS) is 19.6. The Morgan fingerprint density at radius 3 is 1.94 bits per heavy atom. The minimum absolute atomic E-state index is 0.175. The van der Waals surface area contributed by atoms with Crippen LogP contribution in [0.1, 0.15) is 12.8 Å². The molecule has 0 saturated carbocycles. The van der Waals surface area contributed by atoms with Crippen molar-refractivity contribution in [1.82, 2.24) is 5.32 Å². The Morgan fingerprint density at radius 1 is 1.38 bits per heavy atom. The topological polar surface area (TPSA) is 75.3 Å². The van der Waals surface area contributed by atoms with Gasteiger partial charge in [-0.05, 0) is 25.9 Å². The molecule has 0 amide bonds. The van der Waals surface area contributed by atoms with Gasteiger partial charge in [0, 0.05) is 6.54 Å². The predicted octanol–water partition coefficient (Wildman–Crippen LogP) is 0.670. The SMILES string of the molecule is NCC1(F)CCNCC1.O=C(O)C(F)(F)F. The van der Waals surface area contributed by atoms with Gasteiger partial charge in [-0.2, -0.15) is 13.2 Å². The van der Waals surface area contributed by atoms with Crippen LogP contribution in [0.25, 0.3) is 0 Å². The highest BCUT2D eigenvalue weighted by Crippen LogP contribution is 2.20. The van der Waals surface area contributed by atoms with Crippen LogP contribution in [-0.4, -0.2) is 42.6 Å². The zero-order valence-corrected chi connectivity index (χ0v) is 8.48. The molecule has 1 fully saturated rings. The lowest BCUT2D eigenvalue weighted by Crippen LogP contribution is -2.43. The summed E-state index contributed by atoms with van der Waals surface area (Å²) < 4.78 is 44.9. The summed E-state index contributed by atoms with van der Waals surface area (Å²) >= 11 is 0. The summed E-state index contributed by atoms with van der Waals surface area (Å²) in [6.45, 7) is 1.72. The number of piperidine rings is 1. The van der Waals surface area contributed by atoms with E-state index in [-0.39, 0.29) is 6.54 Å². The molecule has 0 aromatic heterocycles. The second kappa shape index (κ2) is 6.00. The van der Waals surface area contributed by atoms with E-state index in [9.17, 15) is 17.6 Å². The fourth-order valence-corrected chi connectivity index (χ4v) is 1.08. The Hall–Kier alpha value is -0.890. The van der Waals surface area contributed by atoms with E-state index in [0.29, 0.717) is 12.8 Å².